The van der Waals surface area contributed by atoms with Gasteiger partial charge in [0.05, 0.1) is 10.0 Å². The molecule has 0 heterocycles. The van der Waals surface area contributed by atoms with Gasteiger partial charge in [0.15, 0.2) is 5.03 Å². The highest BCUT2D eigenvalue weighted by atomic mass is 79.9. The Bertz CT molecular complexity index is 532. The first-order valence-electron chi connectivity index (χ1n) is 4.41. The van der Waals surface area contributed by atoms with Gasteiger partial charge in [0.25, 0.3) is 0 Å². The lowest BCUT2D eigenvalue weighted by Gasteiger charge is -1.99. The van der Waals surface area contributed by atoms with Crippen LogP contribution in [0.15, 0.2) is 26.2 Å². The zero-order valence-electron chi connectivity index (χ0n) is 8.72. The molecule has 96 valence electrons. The quantitative estimate of drug-likeness (QED) is 0.241. The standard InChI is InChI=1S/C8H7Br2N5O3/c9-5-1-4(7(16)6(10)2-5)3-12-13-8(11)14-15(17)18/h1-3,16H,(H3,11,13,14)/p+1/b12-3+. The third-order valence-corrected chi connectivity index (χ3v) is 2.73. The number of hydrogen-bond donors (Lipinski definition) is 4. The summed E-state index contributed by atoms with van der Waals surface area (Å²) in [6, 6.07) is 3.29. The molecule has 0 aliphatic carbocycles. The van der Waals surface area contributed by atoms with E-state index < -0.39 is 11.0 Å². The lowest BCUT2D eigenvalue weighted by molar-refractivity contribution is -0.528. The minimum atomic E-state index is -0.840. The van der Waals surface area contributed by atoms with E-state index in [0.717, 1.165) is 4.47 Å². The zero-order chi connectivity index (χ0) is 13.7. The first-order chi connectivity index (χ1) is 8.40. The molecule has 1 rings (SSSR count). The van der Waals surface area contributed by atoms with Crippen LogP contribution in [0, 0.1) is 10.1 Å². The van der Waals surface area contributed by atoms with Crippen molar-refractivity contribution in [2.75, 3.05) is 0 Å². The Labute approximate surface area is 118 Å². The Kier molecular flexibility index (Phi) is 5.04. The molecule has 0 unspecified atom stereocenters. The van der Waals surface area contributed by atoms with Gasteiger partial charge in [0.1, 0.15) is 5.75 Å². The van der Waals surface area contributed by atoms with Gasteiger partial charge in [-0.3, -0.25) is 0 Å². The Hall–Kier alpha value is -1.68. The van der Waals surface area contributed by atoms with Crippen LogP contribution in [-0.4, -0.2) is 22.3 Å². The molecule has 10 heteroatoms. The van der Waals surface area contributed by atoms with Gasteiger partial charge in [-0.05, 0) is 28.1 Å². The number of guanidine groups is 1. The van der Waals surface area contributed by atoms with Gasteiger partial charge in [0, 0.05) is 9.57 Å². The summed E-state index contributed by atoms with van der Waals surface area (Å²) in [4.78, 5) is 10.0. The second kappa shape index (κ2) is 6.31. The van der Waals surface area contributed by atoms with Crippen LogP contribution in [0.3, 0.4) is 0 Å². The Balaban J connectivity index is 2.88. The van der Waals surface area contributed by atoms with Crippen molar-refractivity contribution >= 4 is 44.0 Å². The topological polar surface area (TPSA) is 128 Å². The predicted octanol–water partition coefficient (Wildman–Crippen LogP) is -0.572. The molecule has 0 fully saturated rings. The maximum Gasteiger partial charge on any atom is 0.319 e. The molecule has 8 nitrogen and oxygen atoms in total. The van der Waals surface area contributed by atoms with E-state index in [1.165, 1.54) is 6.21 Å². The van der Waals surface area contributed by atoms with Crippen LogP contribution in [0.4, 0.5) is 0 Å². The summed E-state index contributed by atoms with van der Waals surface area (Å²) in [5.41, 5.74) is 7.25. The molecule has 0 aromatic heterocycles. The van der Waals surface area contributed by atoms with Crippen molar-refractivity contribution in [2.45, 2.75) is 0 Å². The maximum absolute atomic E-state index is 10.0. The van der Waals surface area contributed by atoms with Gasteiger partial charge in [-0.2, -0.15) is 0 Å². The van der Waals surface area contributed by atoms with E-state index in [0.29, 0.717) is 10.0 Å². The number of hydrogen-bond acceptors (Lipinski definition) is 4. The molecule has 0 spiro atoms. The lowest BCUT2D eigenvalue weighted by atomic mass is 10.2. The van der Waals surface area contributed by atoms with Crippen molar-refractivity contribution in [1.82, 2.24) is 5.43 Å². The molecular formula is C8H8Br2N5O3+. The number of benzene rings is 1. The van der Waals surface area contributed by atoms with Crippen molar-refractivity contribution in [3.8, 4) is 5.75 Å². The number of nitro groups is 1. The summed E-state index contributed by atoms with van der Waals surface area (Å²) in [5, 5.41) is 24.7. The highest BCUT2D eigenvalue weighted by Gasteiger charge is 2.07. The highest BCUT2D eigenvalue weighted by Crippen LogP contribution is 2.30. The van der Waals surface area contributed by atoms with E-state index in [9.17, 15) is 15.2 Å². The minimum Gasteiger partial charge on any atom is -0.506 e. The van der Waals surface area contributed by atoms with E-state index in [1.807, 2.05) is 0 Å². The van der Waals surface area contributed by atoms with Crippen molar-refractivity contribution in [2.24, 2.45) is 10.8 Å². The number of halogens is 2. The van der Waals surface area contributed by atoms with Crippen LogP contribution < -0.4 is 16.3 Å². The Morgan fingerprint density at radius 2 is 2.28 bits per heavy atom. The minimum absolute atomic E-state index is 0.00158. The SMILES string of the molecule is NC(=N/[NH+]=C/c1cc(Br)cc(Br)c1O)N[N+](=O)[O-]. The molecule has 0 saturated heterocycles. The van der Waals surface area contributed by atoms with Crippen LogP contribution in [-0.2, 0) is 0 Å². The summed E-state index contributed by atoms with van der Waals surface area (Å²) in [5.74, 6) is -0.411. The van der Waals surface area contributed by atoms with E-state index >= 15 is 0 Å². The summed E-state index contributed by atoms with van der Waals surface area (Å²) < 4.78 is 1.23. The van der Waals surface area contributed by atoms with E-state index in [2.05, 4.69) is 42.1 Å². The third-order valence-electron chi connectivity index (χ3n) is 1.67. The van der Waals surface area contributed by atoms with Crippen LogP contribution in [0.2, 0.25) is 0 Å². The van der Waals surface area contributed by atoms with Gasteiger partial charge in [0.2, 0.25) is 6.21 Å². The molecule has 0 saturated carbocycles. The van der Waals surface area contributed by atoms with Crippen LogP contribution in [0.5, 0.6) is 5.75 Å². The van der Waals surface area contributed by atoms with Crippen LogP contribution in [0.25, 0.3) is 0 Å². The maximum atomic E-state index is 10.0. The van der Waals surface area contributed by atoms with Gasteiger partial charge in [-0.15, -0.1) is 5.10 Å². The molecule has 0 radical (unpaired) electrons. The highest BCUT2D eigenvalue weighted by molar-refractivity contribution is 9.11. The fourth-order valence-electron chi connectivity index (χ4n) is 0.986. The number of hydrazone groups is 1. The number of hydrazine groups is 1. The molecule has 0 aliphatic heterocycles. The average Bonchev–Trinajstić information content (AvgIpc) is 2.23. The first kappa shape index (κ1) is 14.4. The molecular weight excluding hydrogens is 374 g/mol. The molecule has 1 aromatic rings. The second-order valence-corrected chi connectivity index (χ2v) is 4.73. The summed E-state index contributed by atoms with van der Waals surface area (Å²) in [6.07, 6.45) is 1.33. The predicted molar refractivity (Wildman–Crippen MR) is 71.4 cm³/mol. The van der Waals surface area contributed by atoms with E-state index in [1.54, 1.807) is 17.6 Å². The monoisotopic (exact) mass is 380 g/mol. The Morgan fingerprint density at radius 1 is 1.61 bits per heavy atom. The lowest BCUT2D eigenvalue weighted by Crippen LogP contribution is -2.64. The number of phenols is 1. The number of nitrogens with two attached hydrogens (primary N) is 1. The smallest absolute Gasteiger partial charge is 0.319 e. The molecule has 0 amide bonds. The van der Waals surface area contributed by atoms with Gasteiger partial charge in [-0.25, -0.2) is 10.1 Å². The number of aromatic hydroxyl groups is 1. The van der Waals surface area contributed by atoms with Crippen molar-refractivity contribution in [3.05, 3.63) is 36.8 Å². The molecule has 5 N–H and O–H groups in total. The number of rotatable bonds is 3. The van der Waals surface area contributed by atoms with Gasteiger partial charge >= 0.3 is 5.96 Å². The van der Waals surface area contributed by atoms with E-state index in [-0.39, 0.29) is 5.75 Å². The van der Waals surface area contributed by atoms with Crippen LogP contribution >= 0.6 is 31.9 Å². The van der Waals surface area contributed by atoms with Crippen molar-refractivity contribution < 1.29 is 15.2 Å². The fraction of sp³-hybridized carbons (Fsp3) is 0. The van der Waals surface area contributed by atoms with Gasteiger partial charge < -0.3 is 10.8 Å². The van der Waals surface area contributed by atoms with Crippen molar-refractivity contribution in [1.29, 1.82) is 0 Å². The normalized spacial score (nSPS) is 11.8. The van der Waals surface area contributed by atoms with Crippen LogP contribution in [0.1, 0.15) is 5.56 Å². The Morgan fingerprint density at radius 3 is 2.89 bits per heavy atom. The molecule has 1 aromatic carbocycles. The fourth-order valence-corrected chi connectivity index (χ4v) is 2.24. The molecule has 18 heavy (non-hydrogen) atoms. The van der Waals surface area contributed by atoms with E-state index in [4.69, 9.17) is 5.73 Å². The number of phenolic OH excluding ortho intramolecular Hbond substituents is 1. The molecule has 0 aliphatic rings. The first-order valence-corrected chi connectivity index (χ1v) is 5.99. The zero-order valence-corrected chi connectivity index (χ0v) is 11.9. The molecule has 0 bridgehead atoms. The largest absolute Gasteiger partial charge is 0.506 e. The average molecular weight is 382 g/mol. The second-order valence-electron chi connectivity index (χ2n) is 2.96. The number of nitrogens with zero attached hydrogens (tertiary/aromatic N) is 2. The summed E-state index contributed by atoms with van der Waals surface area (Å²) in [6.45, 7) is 0. The third kappa shape index (κ3) is 4.30. The summed E-state index contributed by atoms with van der Waals surface area (Å²) in [7, 11) is 0. The van der Waals surface area contributed by atoms with Gasteiger partial charge in [-0.1, -0.05) is 21.4 Å². The number of nitrogens with one attached hydrogen (secondary N) is 2. The van der Waals surface area contributed by atoms with Crippen molar-refractivity contribution in [3.63, 3.8) is 0 Å². The summed E-state index contributed by atoms with van der Waals surface area (Å²) >= 11 is 6.41. The molecule has 0 atom stereocenters.